The second kappa shape index (κ2) is 5.40. The normalized spacial score (nSPS) is 19.9. The number of halogens is 1. The highest BCUT2D eigenvalue weighted by atomic mass is 79.9. The van der Waals surface area contributed by atoms with E-state index in [0.717, 1.165) is 35.4 Å². The van der Waals surface area contributed by atoms with E-state index >= 15 is 0 Å². The molecule has 1 aromatic heterocycles. The third kappa shape index (κ3) is 2.44. The summed E-state index contributed by atoms with van der Waals surface area (Å²) in [5.41, 5.74) is 2.10. The molecule has 0 spiro atoms. The minimum Gasteiger partial charge on any atom is -0.344 e. The van der Waals surface area contributed by atoms with E-state index in [4.69, 9.17) is 0 Å². The maximum atomic E-state index is 11.8. The van der Waals surface area contributed by atoms with Crippen molar-refractivity contribution >= 4 is 21.8 Å². The molecule has 18 heavy (non-hydrogen) atoms. The molecule has 0 saturated carbocycles. The molecule has 1 unspecified atom stereocenters. The van der Waals surface area contributed by atoms with Crippen LogP contribution >= 0.6 is 15.9 Å². The van der Waals surface area contributed by atoms with Gasteiger partial charge < -0.3 is 10.2 Å². The van der Waals surface area contributed by atoms with Crippen LogP contribution in [0.1, 0.15) is 24.7 Å². The zero-order chi connectivity index (χ0) is 13.3. The Morgan fingerprint density at radius 1 is 1.56 bits per heavy atom. The van der Waals surface area contributed by atoms with Crippen LogP contribution in [0.5, 0.6) is 0 Å². The van der Waals surface area contributed by atoms with Gasteiger partial charge in [0.1, 0.15) is 0 Å². The van der Waals surface area contributed by atoms with Crippen LogP contribution in [0.4, 0.5) is 0 Å². The third-order valence-corrected chi connectivity index (χ3v) is 4.43. The average Bonchev–Trinajstić information content (AvgIpc) is 2.81. The van der Waals surface area contributed by atoms with Crippen molar-refractivity contribution < 1.29 is 4.79 Å². The highest BCUT2D eigenvalue weighted by molar-refractivity contribution is 9.10. The first kappa shape index (κ1) is 13.5. The lowest BCUT2D eigenvalue weighted by Gasteiger charge is -2.13. The Bertz CT molecular complexity index is 457. The van der Waals surface area contributed by atoms with Gasteiger partial charge in [-0.05, 0) is 36.2 Å². The number of carbonyl (C=O) groups is 1. The van der Waals surface area contributed by atoms with E-state index in [1.54, 1.807) is 4.90 Å². The summed E-state index contributed by atoms with van der Waals surface area (Å²) < 4.78 is 3.01. The zero-order valence-corrected chi connectivity index (χ0v) is 12.6. The average molecular weight is 315 g/mol. The lowest BCUT2D eigenvalue weighted by Crippen LogP contribution is -2.36. The fourth-order valence-corrected chi connectivity index (χ4v) is 2.69. The first-order valence-corrected chi connectivity index (χ1v) is 7.04. The number of carbonyl (C=O) groups excluding carboxylic acids is 1. The maximum absolute atomic E-state index is 11.8. The van der Waals surface area contributed by atoms with Gasteiger partial charge >= 0.3 is 0 Å². The van der Waals surface area contributed by atoms with Gasteiger partial charge in [-0.3, -0.25) is 9.48 Å². The van der Waals surface area contributed by atoms with Crippen LogP contribution in [0.25, 0.3) is 0 Å². The maximum Gasteiger partial charge on any atom is 0.239 e. The van der Waals surface area contributed by atoms with Gasteiger partial charge in [0.15, 0.2) is 0 Å². The molecule has 1 amide bonds. The molecule has 1 saturated heterocycles. The Morgan fingerprint density at radius 3 is 2.83 bits per heavy atom. The summed E-state index contributed by atoms with van der Waals surface area (Å²) >= 11 is 3.56. The topological polar surface area (TPSA) is 50.2 Å². The van der Waals surface area contributed by atoms with Crippen LogP contribution < -0.4 is 5.32 Å². The number of aryl methyl sites for hydroxylation is 2. The number of rotatable bonds is 4. The van der Waals surface area contributed by atoms with Crippen LogP contribution in [0.3, 0.4) is 0 Å². The van der Waals surface area contributed by atoms with E-state index in [9.17, 15) is 4.79 Å². The second-order valence-electron chi connectivity index (χ2n) is 4.64. The van der Waals surface area contributed by atoms with Crippen molar-refractivity contribution in [1.82, 2.24) is 20.0 Å². The number of amides is 1. The summed E-state index contributed by atoms with van der Waals surface area (Å²) in [5.74, 6) is 0.186. The molecule has 1 aliphatic heterocycles. The van der Waals surface area contributed by atoms with Crippen molar-refractivity contribution in [2.75, 3.05) is 13.6 Å². The summed E-state index contributed by atoms with van der Waals surface area (Å²) in [6.45, 7) is 6.39. The van der Waals surface area contributed by atoms with Crippen LogP contribution in [0.15, 0.2) is 4.47 Å². The largest absolute Gasteiger partial charge is 0.344 e. The van der Waals surface area contributed by atoms with Crippen LogP contribution in [-0.4, -0.2) is 40.2 Å². The molecule has 6 heteroatoms. The molecular weight excluding hydrogens is 296 g/mol. The first-order chi connectivity index (χ1) is 8.54. The van der Waals surface area contributed by atoms with Crippen LogP contribution in [-0.2, 0) is 17.9 Å². The quantitative estimate of drug-likeness (QED) is 0.911. The van der Waals surface area contributed by atoms with Gasteiger partial charge in [0, 0.05) is 26.7 Å². The van der Waals surface area contributed by atoms with Crippen LogP contribution in [0.2, 0.25) is 0 Å². The smallest absolute Gasteiger partial charge is 0.239 e. The molecule has 1 atom stereocenters. The molecular formula is C12H19BrN4O. The molecule has 0 bridgehead atoms. The van der Waals surface area contributed by atoms with E-state index in [2.05, 4.69) is 33.3 Å². The molecule has 2 heterocycles. The third-order valence-electron chi connectivity index (χ3n) is 3.40. The molecule has 1 aliphatic rings. The SMILES string of the molecule is CCn1nc(C)c(Br)c1CNC1CCN(C)C1=O. The summed E-state index contributed by atoms with van der Waals surface area (Å²) in [6, 6.07) is -0.0533. The molecule has 1 N–H and O–H groups in total. The minimum absolute atomic E-state index is 0.0533. The number of hydrogen-bond donors (Lipinski definition) is 1. The molecule has 0 aliphatic carbocycles. The van der Waals surface area contributed by atoms with Gasteiger partial charge in [-0.25, -0.2) is 0 Å². The monoisotopic (exact) mass is 314 g/mol. The number of likely N-dealkylation sites (N-methyl/N-ethyl adjacent to an activating group) is 1. The van der Waals surface area contributed by atoms with Crippen molar-refractivity contribution in [3.05, 3.63) is 15.9 Å². The highest BCUT2D eigenvalue weighted by Gasteiger charge is 2.28. The Hall–Kier alpha value is -0.880. The number of hydrogen-bond acceptors (Lipinski definition) is 3. The Kier molecular flexibility index (Phi) is 4.07. The van der Waals surface area contributed by atoms with Gasteiger partial charge in [0.05, 0.1) is 21.9 Å². The number of likely N-dealkylation sites (tertiary alicyclic amines) is 1. The highest BCUT2D eigenvalue weighted by Crippen LogP contribution is 2.21. The minimum atomic E-state index is -0.0533. The van der Waals surface area contributed by atoms with Crippen molar-refractivity contribution in [3.63, 3.8) is 0 Å². The van der Waals surface area contributed by atoms with E-state index in [0.29, 0.717) is 6.54 Å². The first-order valence-electron chi connectivity index (χ1n) is 6.24. The second-order valence-corrected chi connectivity index (χ2v) is 5.44. The van der Waals surface area contributed by atoms with E-state index in [1.807, 2.05) is 18.7 Å². The Balaban J connectivity index is 2.04. The van der Waals surface area contributed by atoms with Crippen molar-refractivity contribution in [1.29, 1.82) is 0 Å². The Labute approximate surface area is 116 Å². The number of nitrogens with one attached hydrogen (secondary N) is 1. The molecule has 1 fully saturated rings. The van der Waals surface area contributed by atoms with Crippen molar-refractivity contribution in [2.24, 2.45) is 0 Å². The number of aromatic nitrogens is 2. The Morgan fingerprint density at radius 2 is 2.28 bits per heavy atom. The van der Waals surface area contributed by atoms with Crippen molar-refractivity contribution in [3.8, 4) is 0 Å². The summed E-state index contributed by atoms with van der Waals surface area (Å²) in [4.78, 5) is 13.6. The molecule has 100 valence electrons. The van der Waals surface area contributed by atoms with E-state index in [1.165, 1.54) is 0 Å². The van der Waals surface area contributed by atoms with Gasteiger partial charge in [-0.1, -0.05) is 0 Å². The summed E-state index contributed by atoms with van der Waals surface area (Å²) in [5, 5.41) is 7.77. The predicted octanol–water partition coefficient (Wildman–Crippen LogP) is 1.29. The predicted molar refractivity (Wildman–Crippen MR) is 73.2 cm³/mol. The standard InChI is InChI=1S/C12H19BrN4O/c1-4-17-10(11(13)8(2)15-17)7-14-9-5-6-16(3)12(9)18/h9,14H,4-7H2,1-3H3. The lowest BCUT2D eigenvalue weighted by molar-refractivity contribution is -0.128. The summed E-state index contributed by atoms with van der Waals surface area (Å²) in [6.07, 6.45) is 0.881. The van der Waals surface area contributed by atoms with Gasteiger partial charge in [-0.15, -0.1) is 0 Å². The fourth-order valence-electron chi connectivity index (χ4n) is 2.27. The van der Waals surface area contributed by atoms with E-state index in [-0.39, 0.29) is 11.9 Å². The number of nitrogens with zero attached hydrogens (tertiary/aromatic N) is 3. The van der Waals surface area contributed by atoms with E-state index < -0.39 is 0 Å². The molecule has 1 aromatic rings. The zero-order valence-electron chi connectivity index (χ0n) is 11.0. The van der Waals surface area contributed by atoms with Gasteiger partial charge in [0.2, 0.25) is 5.91 Å². The molecule has 5 nitrogen and oxygen atoms in total. The molecule has 2 rings (SSSR count). The molecule has 0 radical (unpaired) electrons. The fraction of sp³-hybridized carbons (Fsp3) is 0.667. The van der Waals surface area contributed by atoms with Crippen molar-refractivity contribution in [2.45, 2.75) is 39.4 Å². The van der Waals surface area contributed by atoms with Gasteiger partial charge in [-0.2, -0.15) is 5.10 Å². The molecule has 0 aromatic carbocycles. The van der Waals surface area contributed by atoms with Crippen LogP contribution in [0, 0.1) is 6.92 Å². The van der Waals surface area contributed by atoms with Gasteiger partial charge in [0.25, 0.3) is 0 Å². The summed E-state index contributed by atoms with van der Waals surface area (Å²) in [7, 11) is 1.85. The lowest BCUT2D eigenvalue weighted by atomic mass is 10.2.